The molecule has 120 valence electrons. The van der Waals surface area contributed by atoms with Gasteiger partial charge in [0, 0.05) is 45.8 Å². The molecule has 1 aromatic rings. The number of nitrogens with zero attached hydrogens (tertiary/aromatic N) is 1. The molecule has 5 nitrogen and oxygen atoms in total. The van der Waals surface area contributed by atoms with Gasteiger partial charge < -0.3 is 15.0 Å². The minimum absolute atomic E-state index is 0.0991. The number of carbonyl (C=O) groups is 2. The van der Waals surface area contributed by atoms with Gasteiger partial charge in [-0.05, 0) is 19.1 Å². The van der Waals surface area contributed by atoms with E-state index in [0.29, 0.717) is 13.0 Å². The van der Waals surface area contributed by atoms with Crippen LogP contribution in [-0.2, 0) is 9.59 Å². The van der Waals surface area contributed by atoms with Gasteiger partial charge in [0.25, 0.3) is 0 Å². The number of aryl methyl sites for hydroxylation is 1. The minimum Gasteiger partial charge on any atom is -0.490 e. The van der Waals surface area contributed by atoms with Crippen molar-refractivity contribution < 1.29 is 14.3 Å². The molecule has 0 atom stereocenters. The Morgan fingerprint density at radius 1 is 1.23 bits per heavy atom. The van der Waals surface area contributed by atoms with Crippen molar-refractivity contribution in [3.05, 3.63) is 29.8 Å². The lowest BCUT2D eigenvalue weighted by Crippen LogP contribution is -2.42. The van der Waals surface area contributed by atoms with Crippen LogP contribution in [0, 0.1) is 6.92 Å². The van der Waals surface area contributed by atoms with Gasteiger partial charge in [0.05, 0.1) is 0 Å². The molecule has 0 bridgehead atoms. The fourth-order valence-corrected chi connectivity index (χ4v) is 2.54. The van der Waals surface area contributed by atoms with Crippen molar-refractivity contribution in [1.82, 2.24) is 10.2 Å². The number of amides is 2. The number of carbonyl (C=O) groups excluding carboxylic acids is 2. The summed E-state index contributed by atoms with van der Waals surface area (Å²) in [5, 5.41) is 2.65. The van der Waals surface area contributed by atoms with Crippen molar-refractivity contribution in [3.63, 3.8) is 0 Å². The van der Waals surface area contributed by atoms with E-state index in [4.69, 9.17) is 4.74 Å². The first-order valence-electron chi connectivity index (χ1n) is 7.80. The molecule has 1 saturated heterocycles. The number of nitrogens with one attached hydrogen (secondary N) is 1. The number of piperidine rings is 1. The smallest absolute Gasteiger partial charge is 0.224 e. The number of hydrogen-bond donors (Lipinski definition) is 1. The first-order chi connectivity index (χ1) is 10.5. The number of benzene rings is 1. The van der Waals surface area contributed by atoms with Gasteiger partial charge in [-0.15, -0.1) is 0 Å². The molecule has 0 aliphatic carbocycles. The number of likely N-dealkylation sites (tertiary alicyclic amines) is 1. The highest BCUT2D eigenvalue weighted by molar-refractivity contribution is 5.78. The molecule has 5 heteroatoms. The van der Waals surface area contributed by atoms with Gasteiger partial charge in [0.2, 0.25) is 11.8 Å². The second-order valence-corrected chi connectivity index (χ2v) is 5.74. The molecule has 0 aromatic heterocycles. The van der Waals surface area contributed by atoms with Crippen LogP contribution in [0.3, 0.4) is 0 Å². The third-order valence-corrected chi connectivity index (χ3v) is 3.83. The quantitative estimate of drug-likeness (QED) is 0.904. The summed E-state index contributed by atoms with van der Waals surface area (Å²) in [5.74, 6) is 0.890. The van der Waals surface area contributed by atoms with E-state index in [1.54, 1.807) is 0 Å². The van der Waals surface area contributed by atoms with Gasteiger partial charge in [-0.25, -0.2) is 0 Å². The fraction of sp³-hybridized carbons (Fsp3) is 0.529. The van der Waals surface area contributed by atoms with Gasteiger partial charge in [-0.3, -0.25) is 9.59 Å². The van der Waals surface area contributed by atoms with Crippen molar-refractivity contribution in [2.45, 2.75) is 39.2 Å². The van der Waals surface area contributed by atoms with Crippen LogP contribution in [0.5, 0.6) is 5.75 Å². The summed E-state index contributed by atoms with van der Waals surface area (Å²) in [4.78, 5) is 24.7. The Morgan fingerprint density at radius 2 is 1.86 bits per heavy atom. The monoisotopic (exact) mass is 304 g/mol. The van der Waals surface area contributed by atoms with Crippen molar-refractivity contribution in [2.75, 3.05) is 19.6 Å². The van der Waals surface area contributed by atoms with E-state index in [0.717, 1.165) is 31.7 Å². The van der Waals surface area contributed by atoms with E-state index in [1.165, 1.54) is 12.5 Å². The van der Waals surface area contributed by atoms with Crippen molar-refractivity contribution >= 4 is 11.8 Å². The van der Waals surface area contributed by atoms with Gasteiger partial charge in [0.15, 0.2) is 0 Å². The largest absolute Gasteiger partial charge is 0.490 e. The Bertz CT molecular complexity index is 505. The highest BCUT2D eigenvalue weighted by Gasteiger charge is 2.23. The highest BCUT2D eigenvalue weighted by atomic mass is 16.5. The standard InChI is InChI=1S/C17H24N2O3/c1-13-3-5-15(6-4-13)22-16-8-11-19(12-9-16)17(21)7-10-18-14(2)20/h3-6,16H,7-12H2,1-2H3,(H,18,20). The van der Waals surface area contributed by atoms with Crippen LogP contribution in [0.1, 0.15) is 31.7 Å². The van der Waals surface area contributed by atoms with Gasteiger partial charge in [-0.2, -0.15) is 0 Å². The van der Waals surface area contributed by atoms with E-state index >= 15 is 0 Å². The Balaban J connectivity index is 1.72. The van der Waals surface area contributed by atoms with Crippen molar-refractivity contribution in [2.24, 2.45) is 0 Å². The summed E-state index contributed by atoms with van der Waals surface area (Å²) in [6.07, 6.45) is 2.23. The molecule has 1 aliphatic heterocycles. The fourth-order valence-electron chi connectivity index (χ4n) is 2.54. The van der Waals surface area contributed by atoms with E-state index in [1.807, 2.05) is 29.2 Å². The Morgan fingerprint density at radius 3 is 2.45 bits per heavy atom. The lowest BCUT2D eigenvalue weighted by Gasteiger charge is -2.32. The van der Waals surface area contributed by atoms with E-state index < -0.39 is 0 Å². The van der Waals surface area contributed by atoms with Crippen LogP contribution in [0.25, 0.3) is 0 Å². The zero-order valence-electron chi connectivity index (χ0n) is 13.3. The molecule has 0 saturated carbocycles. The van der Waals surface area contributed by atoms with Gasteiger partial charge in [0.1, 0.15) is 11.9 Å². The zero-order valence-corrected chi connectivity index (χ0v) is 13.3. The predicted molar refractivity (Wildman–Crippen MR) is 84.7 cm³/mol. The summed E-state index contributed by atoms with van der Waals surface area (Å²) in [6, 6.07) is 8.05. The third-order valence-electron chi connectivity index (χ3n) is 3.83. The van der Waals surface area contributed by atoms with E-state index in [-0.39, 0.29) is 17.9 Å². The molecular weight excluding hydrogens is 280 g/mol. The van der Waals surface area contributed by atoms with Gasteiger partial charge >= 0.3 is 0 Å². The lowest BCUT2D eigenvalue weighted by atomic mass is 10.1. The number of ether oxygens (including phenoxy) is 1. The topological polar surface area (TPSA) is 58.6 Å². The average Bonchev–Trinajstić information content (AvgIpc) is 2.50. The summed E-state index contributed by atoms with van der Waals surface area (Å²) in [5.41, 5.74) is 1.21. The van der Waals surface area contributed by atoms with Crippen LogP contribution >= 0.6 is 0 Å². The second kappa shape index (κ2) is 7.82. The molecule has 1 aromatic carbocycles. The SMILES string of the molecule is CC(=O)NCCC(=O)N1CCC(Oc2ccc(C)cc2)CC1. The Kier molecular flexibility index (Phi) is 5.81. The van der Waals surface area contributed by atoms with Crippen LogP contribution in [0.15, 0.2) is 24.3 Å². The average molecular weight is 304 g/mol. The molecule has 0 spiro atoms. The van der Waals surface area contributed by atoms with E-state index in [2.05, 4.69) is 12.2 Å². The Labute approximate surface area is 131 Å². The third kappa shape index (κ3) is 5.06. The van der Waals surface area contributed by atoms with Crippen molar-refractivity contribution in [1.29, 1.82) is 0 Å². The minimum atomic E-state index is -0.0991. The predicted octanol–water partition coefficient (Wildman–Crippen LogP) is 1.89. The van der Waals surface area contributed by atoms with Crippen LogP contribution < -0.4 is 10.1 Å². The molecule has 1 N–H and O–H groups in total. The first-order valence-corrected chi connectivity index (χ1v) is 7.80. The maximum atomic E-state index is 12.0. The van der Waals surface area contributed by atoms with E-state index in [9.17, 15) is 9.59 Å². The van der Waals surface area contributed by atoms with Crippen LogP contribution in [0.4, 0.5) is 0 Å². The maximum absolute atomic E-state index is 12.0. The second-order valence-electron chi connectivity index (χ2n) is 5.74. The highest BCUT2D eigenvalue weighted by Crippen LogP contribution is 2.19. The van der Waals surface area contributed by atoms with Crippen molar-refractivity contribution in [3.8, 4) is 5.75 Å². The summed E-state index contributed by atoms with van der Waals surface area (Å²) in [7, 11) is 0. The molecule has 0 radical (unpaired) electrons. The zero-order chi connectivity index (χ0) is 15.9. The first kappa shape index (κ1) is 16.3. The normalized spacial score (nSPS) is 15.5. The molecule has 0 unspecified atom stereocenters. The van der Waals surface area contributed by atoms with Crippen LogP contribution in [-0.4, -0.2) is 42.5 Å². The molecule has 22 heavy (non-hydrogen) atoms. The number of rotatable bonds is 5. The van der Waals surface area contributed by atoms with Crippen LogP contribution in [0.2, 0.25) is 0 Å². The molecule has 2 rings (SSSR count). The summed E-state index contributed by atoms with van der Waals surface area (Å²) in [6.45, 7) is 5.35. The molecule has 2 amide bonds. The maximum Gasteiger partial charge on any atom is 0.224 e. The Hall–Kier alpha value is -2.04. The lowest BCUT2D eigenvalue weighted by molar-refractivity contribution is -0.132. The summed E-state index contributed by atoms with van der Waals surface area (Å²) < 4.78 is 5.96. The molecule has 1 aliphatic rings. The molecule has 1 heterocycles. The van der Waals surface area contributed by atoms with Gasteiger partial charge in [-0.1, -0.05) is 17.7 Å². The summed E-state index contributed by atoms with van der Waals surface area (Å²) >= 11 is 0. The molecular formula is C17H24N2O3. The molecule has 1 fully saturated rings. The number of hydrogen-bond acceptors (Lipinski definition) is 3.